The molecule has 1 fully saturated rings. The molecule has 0 radical (unpaired) electrons. The lowest BCUT2D eigenvalue weighted by molar-refractivity contribution is 0.346. The third-order valence-electron chi connectivity index (χ3n) is 13.5. The Morgan fingerprint density at radius 3 is 1.16 bits per heavy atom. The number of hydrogen-bond acceptors (Lipinski definition) is 2. The predicted octanol–water partition coefficient (Wildman–Crippen LogP) is 16.0. The van der Waals surface area contributed by atoms with Crippen molar-refractivity contribution in [3.8, 4) is 0 Å². The molecule has 1 aliphatic carbocycles. The number of hydrogen-bond donors (Lipinski definition) is 2. The normalized spacial score (nSPS) is 15.1. The van der Waals surface area contributed by atoms with E-state index in [2.05, 4.69) is 113 Å². The molecule has 4 aromatic carbocycles. The Bertz CT molecular complexity index is 1570. The highest BCUT2D eigenvalue weighted by atomic mass is 14.5. The monoisotopic (exact) mass is 755 g/mol. The molecule has 0 heterocycles. The summed E-state index contributed by atoms with van der Waals surface area (Å²) in [6, 6.07) is 33.1. The molecule has 4 N–H and O–H groups in total. The number of aryl methyl sites for hydroxylation is 2. The van der Waals surface area contributed by atoms with Crippen molar-refractivity contribution >= 4 is 11.4 Å². The largest absolute Gasteiger partial charge is 0.399 e. The van der Waals surface area contributed by atoms with E-state index in [4.69, 9.17) is 11.5 Å². The van der Waals surface area contributed by atoms with Gasteiger partial charge in [-0.05, 0) is 108 Å². The van der Waals surface area contributed by atoms with Crippen LogP contribution in [-0.4, -0.2) is 0 Å². The highest BCUT2D eigenvalue weighted by molar-refractivity contribution is 5.51. The molecule has 56 heavy (non-hydrogen) atoms. The summed E-state index contributed by atoms with van der Waals surface area (Å²) in [6.45, 7) is 9.10. The molecule has 2 nitrogen and oxygen atoms in total. The zero-order valence-corrected chi connectivity index (χ0v) is 36.2. The summed E-state index contributed by atoms with van der Waals surface area (Å²) < 4.78 is 0. The molecular weight excluding hydrogens is 677 g/mol. The van der Waals surface area contributed by atoms with Gasteiger partial charge in [-0.15, -0.1) is 0 Å². The first-order valence-corrected chi connectivity index (χ1v) is 23.3. The average molecular weight is 755 g/mol. The Labute approximate surface area is 343 Å². The van der Waals surface area contributed by atoms with E-state index in [1.54, 1.807) is 0 Å². The van der Waals surface area contributed by atoms with Crippen molar-refractivity contribution in [2.75, 3.05) is 11.5 Å². The summed E-state index contributed by atoms with van der Waals surface area (Å²) in [6.07, 6.45) is 30.4. The van der Waals surface area contributed by atoms with E-state index < -0.39 is 0 Å². The average Bonchev–Trinajstić information content (AvgIpc) is 3.21. The van der Waals surface area contributed by atoms with E-state index >= 15 is 0 Å². The highest BCUT2D eigenvalue weighted by Crippen LogP contribution is 2.46. The van der Waals surface area contributed by atoms with E-state index in [0.717, 1.165) is 11.4 Å². The van der Waals surface area contributed by atoms with Gasteiger partial charge in [0.15, 0.2) is 0 Å². The zero-order chi connectivity index (χ0) is 39.6. The second-order valence-electron chi connectivity index (χ2n) is 17.8. The van der Waals surface area contributed by atoms with Gasteiger partial charge in [-0.25, -0.2) is 0 Å². The maximum Gasteiger partial charge on any atom is 0.0316 e. The van der Waals surface area contributed by atoms with Crippen LogP contribution < -0.4 is 11.5 Å². The molecule has 5 rings (SSSR count). The summed E-state index contributed by atoms with van der Waals surface area (Å²) in [5.74, 6) is 0.808. The van der Waals surface area contributed by atoms with Crippen molar-refractivity contribution < 1.29 is 0 Å². The van der Waals surface area contributed by atoms with Crippen molar-refractivity contribution in [2.24, 2.45) is 0 Å². The molecule has 1 aliphatic rings. The lowest BCUT2D eigenvalue weighted by Gasteiger charge is -2.39. The minimum atomic E-state index is 0.0735. The maximum absolute atomic E-state index is 6.24. The second kappa shape index (κ2) is 23.0. The predicted molar refractivity (Wildman–Crippen MR) is 246 cm³/mol. The fraction of sp³-hybridized carbons (Fsp3) is 0.556. The minimum Gasteiger partial charge on any atom is -0.399 e. The van der Waals surface area contributed by atoms with Crippen LogP contribution in [-0.2, 0) is 5.41 Å². The molecule has 2 unspecified atom stereocenters. The third kappa shape index (κ3) is 12.2. The standard InChI is InChI=1S/C54H78N2/c1-5-7-9-11-13-15-17-20-24-52(50-36-34-48(55)40-42(50)3)44-26-30-46(31-27-44)54(38-22-19-23-39-54)47-32-28-45(29-33-47)53(51-37-35-49(56)41-43(51)4)25-21-18-16-14-12-10-8-6-2/h26-37,40-41,52-53H,5-25,38-39,55-56H2,1-4H3. The van der Waals surface area contributed by atoms with Crippen molar-refractivity contribution in [3.05, 3.63) is 129 Å². The molecule has 0 amide bonds. The van der Waals surface area contributed by atoms with Crippen LogP contribution in [0.2, 0.25) is 0 Å². The van der Waals surface area contributed by atoms with Crippen LogP contribution in [0.3, 0.4) is 0 Å². The molecule has 304 valence electrons. The van der Waals surface area contributed by atoms with E-state index in [-0.39, 0.29) is 5.41 Å². The van der Waals surface area contributed by atoms with Crippen molar-refractivity contribution in [3.63, 3.8) is 0 Å². The Kier molecular flexibility index (Phi) is 17.9. The molecular formula is C54H78N2. The van der Waals surface area contributed by atoms with Gasteiger partial charge in [0.1, 0.15) is 0 Å². The third-order valence-corrected chi connectivity index (χ3v) is 13.5. The molecule has 0 saturated heterocycles. The Balaban J connectivity index is 1.35. The number of benzene rings is 4. The number of rotatable bonds is 24. The lowest BCUT2D eigenvalue weighted by Crippen LogP contribution is -2.30. The molecule has 0 spiro atoms. The van der Waals surface area contributed by atoms with E-state index in [0.29, 0.717) is 11.8 Å². The molecule has 0 bridgehead atoms. The molecule has 4 aromatic rings. The van der Waals surface area contributed by atoms with Gasteiger partial charge in [0, 0.05) is 28.6 Å². The smallest absolute Gasteiger partial charge is 0.0316 e. The fourth-order valence-corrected chi connectivity index (χ4v) is 10.1. The van der Waals surface area contributed by atoms with Crippen LogP contribution >= 0.6 is 0 Å². The number of nitrogens with two attached hydrogens (primary N) is 2. The SMILES string of the molecule is CCCCCCCCCCC(c1ccc(C2(c3ccc(C(CCCCCCCCCC)c4ccc(N)cc4C)cc3)CCCCC2)cc1)c1ccc(N)cc1C. The van der Waals surface area contributed by atoms with Gasteiger partial charge in [-0.2, -0.15) is 0 Å². The molecule has 1 saturated carbocycles. The van der Waals surface area contributed by atoms with Gasteiger partial charge in [-0.1, -0.05) is 197 Å². The highest BCUT2D eigenvalue weighted by Gasteiger charge is 2.36. The Hall–Kier alpha value is -3.52. The molecule has 2 heteroatoms. The second-order valence-corrected chi connectivity index (χ2v) is 17.8. The topological polar surface area (TPSA) is 52.0 Å². The Morgan fingerprint density at radius 2 is 0.804 bits per heavy atom. The van der Waals surface area contributed by atoms with Crippen LogP contribution in [0.1, 0.15) is 218 Å². The summed E-state index contributed by atoms with van der Waals surface area (Å²) in [4.78, 5) is 0. The van der Waals surface area contributed by atoms with Gasteiger partial charge in [0.05, 0.1) is 0 Å². The number of anilines is 2. The van der Waals surface area contributed by atoms with Gasteiger partial charge < -0.3 is 11.5 Å². The lowest BCUT2D eigenvalue weighted by atomic mass is 9.65. The van der Waals surface area contributed by atoms with Gasteiger partial charge in [-0.3, -0.25) is 0 Å². The molecule has 0 aromatic heterocycles. The zero-order valence-electron chi connectivity index (χ0n) is 36.2. The van der Waals surface area contributed by atoms with Gasteiger partial charge >= 0.3 is 0 Å². The van der Waals surface area contributed by atoms with Crippen LogP contribution in [0.15, 0.2) is 84.9 Å². The van der Waals surface area contributed by atoms with Crippen LogP contribution in [0.5, 0.6) is 0 Å². The first kappa shape index (κ1) is 43.6. The van der Waals surface area contributed by atoms with Crippen LogP contribution in [0, 0.1) is 13.8 Å². The Morgan fingerprint density at radius 1 is 0.446 bits per heavy atom. The van der Waals surface area contributed by atoms with E-state index in [1.807, 2.05) is 0 Å². The van der Waals surface area contributed by atoms with Gasteiger partial charge in [0.25, 0.3) is 0 Å². The summed E-state index contributed by atoms with van der Waals surface area (Å²) in [7, 11) is 0. The molecule has 0 aliphatic heterocycles. The maximum atomic E-state index is 6.24. The summed E-state index contributed by atoms with van der Waals surface area (Å²) >= 11 is 0. The number of unbranched alkanes of at least 4 members (excludes halogenated alkanes) is 14. The first-order valence-electron chi connectivity index (χ1n) is 23.3. The van der Waals surface area contributed by atoms with Crippen molar-refractivity contribution in [1.82, 2.24) is 0 Å². The fourth-order valence-electron chi connectivity index (χ4n) is 10.1. The number of nitrogen functional groups attached to an aromatic ring is 2. The van der Waals surface area contributed by atoms with E-state index in [9.17, 15) is 0 Å². The minimum absolute atomic E-state index is 0.0735. The summed E-state index contributed by atoms with van der Waals surface area (Å²) in [5, 5.41) is 0. The van der Waals surface area contributed by atoms with Crippen molar-refractivity contribution in [2.45, 2.75) is 193 Å². The molecule has 2 atom stereocenters. The summed E-state index contributed by atoms with van der Waals surface area (Å²) in [5.41, 5.74) is 25.7. The quantitative estimate of drug-likeness (QED) is 0.0553. The van der Waals surface area contributed by atoms with E-state index in [1.165, 1.54) is 192 Å². The van der Waals surface area contributed by atoms with Crippen LogP contribution in [0.25, 0.3) is 0 Å². The first-order chi connectivity index (χ1) is 27.4. The van der Waals surface area contributed by atoms with Crippen LogP contribution in [0.4, 0.5) is 11.4 Å². The van der Waals surface area contributed by atoms with Gasteiger partial charge in [0.2, 0.25) is 0 Å². The van der Waals surface area contributed by atoms with Crippen molar-refractivity contribution in [1.29, 1.82) is 0 Å².